The zero-order valence-electron chi connectivity index (χ0n) is 21.9. The molecule has 1 atom stereocenters. The first-order valence-corrected chi connectivity index (χ1v) is 14.5. The third-order valence-electron chi connectivity index (χ3n) is 6.85. The maximum absolute atomic E-state index is 13.7. The number of hydrogen-bond acceptors (Lipinski definition) is 4. The average Bonchev–Trinajstić information content (AvgIpc) is 2.91. The van der Waals surface area contributed by atoms with Gasteiger partial charge in [0.2, 0.25) is 5.91 Å². The molecule has 0 saturated heterocycles. The van der Waals surface area contributed by atoms with Crippen LogP contribution in [0.25, 0.3) is 0 Å². The molecule has 37 heavy (non-hydrogen) atoms. The Hall–Kier alpha value is -3.32. The van der Waals surface area contributed by atoms with Crippen molar-refractivity contribution in [2.75, 3.05) is 17.5 Å². The molecule has 3 aromatic rings. The molecule has 0 radical (unpaired) electrons. The number of ether oxygens (including phenoxy) is 1. The number of hydrogen-bond donors (Lipinski definition) is 1. The van der Waals surface area contributed by atoms with Crippen LogP contribution in [0, 0.1) is 6.92 Å². The van der Waals surface area contributed by atoms with Crippen molar-refractivity contribution in [3.63, 3.8) is 0 Å². The number of nitrogens with one attached hydrogen (secondary N) is 1. The topological polar surface area (TPSA) is 75.7 Å². The molecule has 7 heteroatoms. The van der Waals surface area contributed by atoms with Crippen LogP contribution in [0.1, 0.15) is 61.4 Å². The third kappa shape index (κ3) is 6.34. The number of carbonyl (C=O) groups excluding carboxylic acids is 1. The monoisotopic (exact) mass is 520 g/mol. The normalized spacial score (nSPS) is 13.9. The Balaban J connectivity index is 1.59. The minimum atomic E-state index is -3.98. The fraction of sp³-hybridized carbons (Fsp3) is 0.367. The summed E-state index contributed by atoms with van der Waals surface area (Å²) < 4.78 is 34.1. The molecule has 3 aromatic carbocycles. The molecule has 0 fully saturated rings. The largest absolute Gasteiger partial charge is 0.494 e. The molecule has 6 nitrogen and oxygen atoms in total. The van der Waals surface area contributed by atoms with Crippen molar-refractivity contribution in [1.82, 2.24) is 5.32 Å². The second-order valence-electron chi connectivity index (χ2n) is 9.52. The summed E-state index contributed by atoms with van der Waals surface area (Å²) in [6.07, 6.45) is 5.28. The lowest BCUT2D eigenvalue weighted by Crippen LogP contribution is -2.42. The molecule has 196 valence electrons. The van der Waals surface area contributed by atoms with Crippen molar-refractivity contribution >= 4 is 21.6 Å². The van der Waals surface area contributed by atoms with Gasteiger partial charge in [-0.25, -0.2) is 8.42 Å². The Labute approximate surface area is 220 Å². The highest BCUT2D eigenvalue weighted by Gasteiger charge is 2.28. The number of rotatable bonds is 10. The molecule has 1 unspecified atom stereocenters. The first kappa shape index (κ1) is 26.7. The van der Waals surface area contributed by atoms with E-state index in [0.29, 0.717) is 24.5 Å². The van der Waals surface area contributed by atoms with Gasteiger partial charge in [-0.05, 0) is 99.0 Å². The van der Waals surface area contributed by atoms with Gasteiger partial charge in [-0.3, -0.25) is 9.10 Å². The Morgan fingerprint density at radius 3 is 2.27 bits per heavy atom. The molecular formula is C30H36N2O4S. The average molecular weight is 521 g/mol. The summed E-state index contributed by atoms with van der Waals surface area (Å²) in [5.74, 6) is 0.288. The van der Waals surface area contributed by atoms with Gasteiger partial charge in [0.05, 0.1) is 23.2 Å². The standard InChI is InChI=1S/C30H36N2O4S/c1-4-29(25-13-12-23-8-6-7-9-24(23)20-25)31-30(33)21-32(26-14-16-27(17-15-26)36-5-2)37(34,35)28-18-10-22(3)11-19-28/h10-20,29H,4-9,21H2,1-3H3,(H,31,33). The summed E-state index contributed by atoms with van der Waals surface area (Å²) in [4.78, 5) is 13.5. The molecule has 1 amide bonds. The van der Waals surface area contributed by atoms with Crippen LogP contribution in [0.15, 0.2) is 71.6 Å². The molecule has 1 aliphatic rings. The van der Waals surface area contributed by atoms with Gasteiger partial charge in [-0.1, -0.05) is 42.8 Å². The lowest BCUT2D eigenvalue weighted by molar-refractivity contribution is -0.120. The fourth-order valence-corrected chi connectivity index (χ4v) is 6.21. The van der Waals surface area contributed by atoms with Crippen LogP contribution in [0.2, 0.25) is 0 Å². The molecule has 0 aromatic heterocycles. The number of benzene rings is 3. The van der Waals surface area contributed by atoms with Crippen LogP contribution in [-0.4, -0.2) is 27.5 Å². The van der Waals surface area contributed by atoms with Crippen LogP contribution >= 0.6 is 0 Å². The molecule has 0 aliphatic heterocycles. The second-order valence-corrected chi connectivity index (χ2v) is 11.4. The number of fused-ring (bicyclic) bond motifs is 1. The van der Waals surface area contributed by atoms with Crippen LogP contribution in [0.3, 0.4) is 0 Å². The van der Waals surface area contributed by atoms with E-state index in [1.165, 1.54) is 28.3 Å². The lowest BCUT2D eigenvalue weighted by Gasteiger charge is -2.26. The molecule has 0 heterocycles. The summed E-state index contributed by atoms with van der Waals surface area (Å²) in [6.45, 7) is 6.00. The summed E-state index contributed by atoms with van der Waals surface area (Å²) >= 11 is 0. The van der Waals surface area contributed by atoms with E-state index in [0.717, 1.165) is 24.0 Å². The molecular weight excluding hydrogens is 484 g/mol. The summed E-state index contributed by atoms with van der Waals surface area (Å²) in [7, 11) is -3.98. The minimum Gasteiger partial charge on any atom is -0.494 e. The van der Waals surface area contributed by atoms with Crippen LogP contribution in [0.4, 0.5) is 5.69 Å². The maximum atomic E-state index is 13.7. The van der Waals surface area contributed by atoms with E-state index >= 15 is 0 Å². The molecule has 0 bridgehead atoms. The van der Waals surface area contributed by atoms with Gasteiger partial charge in [0.15, 0.2) is 0 Å². The molecule has 0 saturated carbocycles. The van der Waals surface area contributed by atoms with Crippen molar-refractivity contribution in [2.24, 2.45) is 0 Å². The van der Waals surface area contributed by atoms with Gasteiger partial charge in [-0.2, -0.15) is 0 Å². The number of carbonyl (C=O) groups is 1. The smallest absolute Gasteiger partial charge is 0.264 e. The SMILES string of the molecule is CCOc1ccc(N(CC(=O)NC(CC)c2ccc3c(c2)CCCC3)S(=O)(=O)c2ccc(C)cc2)cc1. The van der Waals surface area contributed by atoms with E-state index in [-0.39, 0.29) is 23.4 Å². The van der Waals surface area contributed by atoms with Crippen LogP contribution in [0.5, 0.6) is 5.75 Å². The highest BCUT2D eigenvalue weighted by Crippen LogP contribution is 2.28. The lowest BCUT2D eigenvalue weighted by atomic mass is 9.89. The highest BCUT2D eigenvalue weighted by molar-refractivity contribution is 7.92. The van der Waals surface area contributed by atoms with Crippen molar-refractivity contribution in [3.05, 3.63) is 89.0 Å². The molecule has 4 rings (SSSR count). The van der Waals surface area contributed by atoms with Gasteiger partial charge in [0, 0.05) is 0 Å². The van der Waals surface area contributed by atoms with Crippen molar-refractivity contribution in [3.8, 4) is 5.75 Å². The predicted molar refractivity (Wildman–Crippen MR) is 148 cm³/mol. The Kier molecular flexibility index (Phi) is 8.54. The van der Waals surface area contributed by atoms with E-state index in [9.17, 15) is 13.2 Å². The Morgan fingerprint density at radius 2 is 1.62 bits per heavy atom. The first-order chi connectivity index (χ1) is 17.8. The number of aryl methyl sites for hydroxylation is 3. The van der Waals surface area contributed by atoms with E-state index in [2.05, 4.69) is 23.5 Å². The van der Waals surface area contributed by atoms with Gasteiger partial charge in [-0.15, -0.1) is 0 Å². The van der Waals surface area contributed by atoms with Crippen molar-refractivity contribution in [1.29, 1.82) is 0 Å². The van der Waals surface area contributed by atoms with E-state index in [1.54, 1.807) is 48.5 Å². The van der Waals surface area contributed by atoms with Gasteiger partial charge < -0.3 is 10.1 Å². The molecule has 1 N–H and O–H groups in total. The number of anilines is 1. The van der Waals surface area contributed by atoms with Crippen molar-refractivity contribution < 1.29 is 17.9 Å². The number of nitrogens with zero attached hydrogens (tertiary/aromatic N) is 1. The minimum absolute atomic E-state index is 0.140. The zero-order chi connectivity index (χ0) is 26.4. The zero-order valence-corrected chi connectivity index (χ0v) is 22.7. The fourth-order valence-electron chi connectivity index (χ4n) is 4.79. The summed E-state index contributed by atoms with van der Waals surface area (Å²) in [5, 5.41) is 3.08. The molecule has 0 spiro atoms. The van der Waals surface area contributed by atoms with E-state index in [4.69, 9.17) is 4.74 Å². The van der Waals surface area contributed by atoms with E-state index < -0.39 is 10.0 Å². The van der Waals surface area contributed by atoms with Crippen molar-refractivity contribution in [2.45, 2.75) is 63.8 Å². The quantitative estimate of drug-likeness (QED) is 0.370. The summed E-state index contributed by atoms with van der Waals surface area (Å²) in [5.41, 5.74) is 5.17. The Morgan fingerprint density at radius 1 is 0.946 bits per heavy atom. The molecule has 1 aliphatic carbocycles. The Bertz CT molecular complexity index is 1320. The highest BCUT2D eigenvalue weighted by atomic mass is 32.2. The predicted octanol–water partition coefficient (Wildman–Crippen LogP) is 5.74. The van der Waals surface area contributed by atoms with Gasteiger partial charge in [0.25, 0.3) is 10.0 Å². The number of amides is 1. The maximum Gasteiger partial charge on any atom is 0.264 e. The van der Waals surface area contributed by atoms with E-state index in [1.807, 2.05) is 20.8 Å². The third-order valence-corrected chi connectivity index (χ3v) is 8.64. The first-order valence-electron chi connectivity index (χ1n) is 13.0. The van der Waals surface area contributed by atoms with Crippen LogP contribution in [-0.2, 0) is 27.7 Å². The second kappa shape index (κ2) is 11.8. The van der Waals surface area contributed by atoms with Gasteiger partial charge in [0.1, 0.15) is 12.3 Å². The van der Waals surface area contributed by atoms with Crippen LogP contribution < -0.4 is 14.4 Å². The van der Waals surface area contributed by atoms with Gasteiger partial charge >= 0.3 is 0 Å². The summed E-state index contributed by atoms with van der Waals surface area (Å²) in [6, 6.07) is 19.7. The number of sulfonamides is 1.